The summed E-state index contributed by atoms with van der Waals surface area (Å²) in [6.45, 7) is 5.67. The molecule has 0 spiro atoms. The van der Waals surface area contributed by atoms with Crippen LogP contribution in [-0.4, -0.2) is 30.8 Å². The predicted molar refractivity (Wildman–Crippen MR) is 88.0 cm³/mol. The Labute approximate surface area is 131 Å². The molecular formula is C17H37NO3. The van der Waals surface area contributed by atoms with Crippen LogP contribution in [-0.2, 0) is 9.47 Å². The molecule has 1 unspecified atom stereocenters. The SMILES string of the molecule is CCCCCCCCCCCCOCCC(N)(O)OCC. The fraction of sp³-hybridized carbons (Fsp3) is 1.00. The predicted octanol–water partition coefficient (Wildman–Crippen LogP) is 3.96. The van der Waals surface area contributed by atoms with Gasteiger partial charge in [-0.15, -0.1) is 0 Å². The van der Waals surface area contributed by atoms with E-state index in [2.05, 4.69) is 6.92 Å². The third kappa shape index (κ3) is 16.0. The quantitative estimate of drug-likeness (QED) is 0.335. The van der Waals surface area contributed by atoms with E-state index >= 15 is 0 Å². The van der Waals surface area contributed by atoms with Crippen LogP contribution in [0.3, 0.4) is 0 Å². The Hall–Kier alpha value is -0.160. The van der Waals surface area contributed by atoms with Crippen LogP contribution >= 0.6 is 0 Å². The lowest BCUT2D eigenvalue weighted by Gasteiger charge is -2.22. The van der Waals surface area contributed by atoms with Gasteiger partial charge >= 0.3 is 0 Å². The van der Waals surface area contributed by atoms with E-state index in [1.807, 2.05) is 6.92 Å². The van der Waals surface area contributed by atoms with E-state index in [0.717, 1.165) is 13.0 Å². The van der Waals surface area contributed by atoms with Crippen LogP contribution in [0, 0.1) is 0 Å². The van der Waals surface area contributed by atoms with Crippen molar-refractivity contribution in [3.63, 3.8) is 0 Å². The zero-order chi connectivity index (χ0) is 15.8. The Morgan fingerprint density at radius 3 is 1.86 bits per heavy atom. The van der Waals surface area contributed by atoms with E-state index in [4.69, 9.17) is 15.2 Å². The average Bonchev–Trinajstić information content (AvgIpc) is 2.44. The molecule has 0 aromatic carbocycles. The van der Waals surface area contributed by atoms with Gasteiger partial charge in [0.2, 0.25) is 5.91 Å². The van der Waals surface area contributed by atoms with Gasteiger partial charge in [0.05, 0.1) is 6.61 Å². The lowest BCUT2D eigenvalue weighted by Crippen LogP contribution is -2.43. The number of aliphatic hydroxyl groups is 1. The standard InChI is InChI=1S/C17H37NO3/c1-3-5-6-7-8-9-10-11-12-13-15-20-16-14-17(18,19)21-4-2/h19H,3-16,18H2,1-2H3. The second kappa shape index (κ2) is 14.8. The van der Waals surface area contributed by atoms with Gasteiger partial charge in [0.1, 0.15) is 0 Å². The van der Waals surface area contributed by atoms with Crippen molar-refractivity contribution >= 4 is 0 Å². The van der Waals surface area contributed by atoms with Crippen molar-refractivity contribution in [3.05, 3.63) is 0 Å². The van der Waals surface area contributed by atoms with Crippen molar-refractivity contribution < 1.29 is 14.6 Å². The Bertz CT molecular complexity index is 210. The highest BCUT2D eigenvalue weighted by molar-refractivity contribution is 4.56. The van der Waals surface area contributed by atoms with Crippen molar-refractivity contribution in [1.29, 1.82) is 0 Å². The van der Waals surface area contributed by atoms with Crippen LogP contribution in [0.4, 0.5) is 0 Å². The summed E-state index contributed by atoms with van der Waals surface area (Å²) in [5.74, 6) is -1.54. The van der Waals surface area contributed by atoms with E-state index in [-0.39, 0.29) is 0 Å². The molecule has 0 rings (SSSR count). The van der Waals surface area contributed by atoms with E-state index < -0.39 is 5.91 Å². The van der Waals surface area contributed by atoms with Gasteiger partial charge in [-0.25, -0.2) is 0 Å². The normalized spacial score (nSPS) is 14.3. The summed E-state index contributed by atoms with van der Waals surface area (Å²) >= 11 is 0. The van der Waals surface area contributed by atoms with E-state index in [0.29, 0.717) is 19.6 Å². The Morgan fingerprint density at radius 2 is 1.33 bits per heavy atom. The number of nitrogens with two attached hydrogens (primary N) is 1. The molecule has 4 nitrogen and oxygen atoms in total. The number of unbranched alkanes of at least 4 members (excludes halogenated alkanes) is 9. The summed E-state index contributed by atoms with van der Waals surface area (Å²) in [5.41, 5.74) is 5.52. The first-order chi connectivity index (χ1) is 10.1. The van der Waals surface area contributed by atoms with Gasteiger partial charge in [-0.3, -0.25) is 5.73 Å². The Morgan fingerprint density at radius 1 is 0.810 bits per heavy atom. The molecule has 0 amide bonds. The molecule has 0 aromatic rings. The maximum atomic E-state index is 9.57. The van der Waals surface area contributed by atoms with E-state index in [1.165, 1.54) is 57.8 Å². The van der Waals surface area contributed by atoms with Gasteiger partial charge in [-0.1, -0.05) is 64.7 Å². The maximum absolute atomic E-state index is 9.57. The van der Waals surface area contributed by atoms with Gasteiger partial charge in [0, 0.05) is 19.6 Å². The topological polar surface area (TPSA) is 64.7 Å². The minimum absolute atomic E-state index is 0.318. The van der Waals surface area contributed by atoms with Gasteiger partial charge in [-0.2, -0.15) is 0 Å². The fourth-order valence-corrected chi connectivity index (χ4v) is 2.33. The molecule has 0 radical (unpaired) electrons. The highest BCUT2D eigenvalue weighted by atomic mass is 16.6. The molecule has 0 aliphatic carbocycles. The van der Waals surface area contributed by atoms with E-state index in [9.17, 15) is 5.11 Å². The average molecular weight is 303 g/mol. The van der Waals surface area contributed by atoms with Gasteiger partial charge in [0.15, 0.2) is 0 Å². The molecule has 0 saturated carbocycles. The van der Waals surface area contributed by atoms with Crippen molar-refractivity contribution in [1.82, 2.24) is 0 Å². The first kappa shape index (κ1) is 20.8. The molecule has 0 aliphatic rings. The van der Waals surface area contributed by atoms with Crippen molar-refractivity contribution in [3.8, 4) is 0 Å². The summed E-state index contributed by atoms with van der Waals surface area (Å²) in [6.07, 6.45) is 13.6. The molecule has 128 valence electrons. The van der Waals surface area contributed by atoms with Gasteiger partial charge in [-0.05, 0) is 13.3 Å². The zero-order valence-corrected chi connectivity index (χ0v) is 14.2. The molecule has 0 aliphatic heterocycles. The third-order valence-corrected chi connectivity index (χ3v) is 3.64. The number of hydrogen-bond acceptors (Lipinski definition) is 4. The third-order valence-electron chi connectivity index (χ3n) is 3.64. The number of hydrogen-bond donors (Lipinski definition) is 2. The molecule has 0 bridgehead atoms. The second-order valence-electron chi connectivity index (χ2n) is 5.82. The molecule has 0 fully saturated rings. The molecule has 0 aromatic heterocycles. The van der Waals surface area contributed by atoms with Crippen molar-refractivity contribution in [2.24, 2.45) is 5.73 Å². The van der Waals surface area contributed by atoms with Gasteiger partial charge in [0.25, 0.3) is 0 Å². The number of rotatable bonds is 16. The second-order valence-corrected chi connectivity index (χ2v) is 5.82. The summed E-state index contributed by atoms with van der Waals surface area (Å²) < 4.78 is 10.5. The van der Waals surface area contributed by atoms with Crippen LogP contribution < -0.4 is 5.73 Å². The monoisotopic (exact) mass is 303 g/mol. The largest absolute Gasteiger partial charge is 0.381 e. The van der Waals surface area contributed by atoms with Crippen molar-refractivity contribution in [2.45, 2.75) is 90.4 Å². The molecule has 21 heavy (non-hydrogen) atoms. The molecule has 0 saturated heterocycles. The van der Waals surface area contributed by atoms with Crippen LogP contribution in [0.1, 0.15) is 84.5 Å². The van der Waals surface area contributed by atoms with Crippen molar-refractivity contribution in [2.75, 3.05) is 19.8 Å². The van der Waals surface area contributed by atoms with E-state index in [1.54, 1.807) is 0 Å². The van der Waals surface area contributed by atoms with Gasteiger partial charge < -0.3 is 14.6 Å². The minimum Gasteiger partial charge on any atom is -0.381 e. The van der Waals surface area contributed by atoms with Crippen LogP contribution in [0.25, 0.3) is 0 Å². The van der Waals surface area contributed by atoms with Crippen LogP contribution in [0.15, 0.2) is 0 Å². The zero-order valence-electron chi connectivity index (χ0n) is 14.2. The summed E-state index contributed by atoms with van der Waals surface area (Å²) in [6, 6.07) is 0. The Kier molecular flexibility index (Phi) is 14.7. The summed E-state index contributed by atoms with van der Waals surface area (Å²) in [5, 5.41) is 9.57. The maximum Gasteiger partial charge on any atom is 0.224 e. The van der Waals surface area contributed by atoms with Crippen LogP contribution in [0.5, 0.6) is 0 Å². The Balaban J connectivity index is 3.12. The molecule has 4 heteroatoms. The highest BCUT2D eigenvalue weighted by Gasteiger charge is 2.20. The molecule has 3 N–H and O–H groups in total. The minimum atomic E-state index is -1.54. The summed E-state index contributed by atoms with van der Waals surface area (Å²) in [4.78, 5) is 0. The molecule has 1 atom stereocenters. The highest BCUT2D eigenvalue weighted by Crippen LogP contribution is 2.10. The fourth-order valence-electron chi connectivity index (χ4n) is 2.33. The molecule has 0 heterocycles. The molecular weight excluding hydrogens is 266 g/mol. The lowest BCUT2D eigenvalue weighted by molar-refractivity contribution is -0.206. The first-order valence-electron chi connectivity index (χ1n) is 8.85. The summed E-state index contributed by atoms with van der Waals surface area (Å²) in [7, 11) is 0. The number of ether oxygens (including phenoxy) is 2. The first-order valence-corrected chi connectivity index (χ1v) is 8.85. The lowest BCUT2D eigenvalue weighted by atomic mass is 10.1. The smallest absolute Gasteiger partial charge is 0.224 e. The van der Waals surface area contributed by atoms with Crippen LogP contribution in [0.2, 0.25) is 0 Å².